The number of fused-ring (bicyclic) bond motifs is 1. The second kappa shape index (κ2) is 7.38. The molecule has 1 aliphatic rings. The van der Waals surface area contributed by atoms with E-state index >= 15 is 0 Å². The highest BCUT2D eigenvalue weighted by molar-refractivity contribution is 5.97. The number of ether oxygens (including phenoxy) is 1. The first-order valence-corrected chi connectivity index (χ1v) is 8.46. The van der Waals surface area contributed by atoms with Crippen LogP contribution in [0.3, 0.4) is 0 Å². The lowest BCUT2D eigenvalue weighted by Crippen LogP contribution is -2.49. The molecule has 0 saturated carbocycles. The van der Waals surface area contributed by atoms with E-state index in [2.05, 4.69) is 10.3 Å². The molecule has 0 unspecified atom stereocenters. The van der Waals surface area contributed by atoms with Gasteiger partial charge in [0.1, 0.15) is 11.4 Å². The quantitative estimate of drug-likeness (QED) is 0.926. The van der Waals surface area contributed by atoms with Crippen molar-refractivity contribution in [3.63, 3.8) is 0 Å². The zero-order chi connectivity index (χ0) is 17.8. The number of methoxy groups -OCH3 is 1. The van der Waals surface area contributed by atoms with Crippen LogP contribution >= 0.6 is 0 Å². The monoisotopic (exact) mass is 342 g/mol. The van der Waals surface area contributed by atoms with Crippen molar-refractivity contribution < 1.29 is 14.3 Å². The third kappa shape index (κ3) is 3.35. The zero-order valence-electron chi connectivity index (χ0n) is 14.5. The van der Waals surface area contributed by atoms with Gasteiger partial charge in [0.15, 0.2) is 0 Å². The van der Waals surface area contributed by atoms with E-state index < -0.39 is 0 Å². The number of aromatic nitrogens is 1. The first-order chi connectivity index (χ1) is 12.2. The Kier molecular flexibility index (Phi) is 5.02. The third-order valence-corrected chi connectivity index (χ3v) is 4.14. The van der Waals surface area contributed by atoms with Crippen molar-refractivity contribution >= 4 is 22.8 Å². The molecule has 3 amide bonds. The highest BCUT2D eigenvalue weighted by Gasteiger charge is 2.32. The van der Waals surface area contributed by atoms with Crippen molar-refractivity contribution in [1.82, 2.24) is 20.3 Å². The van der Waals surface area contributed by atoms with Gasteiger partial charge in [0, 0.05) is 31.1 Å². The maximum atomic E-state index is 12.9. The van der Waals surface area contributed by atoms with Gasteiger partial charge in [-0.25, -0.2) is 19.8 Å². The van der Waals surface area contributed by atoms with E-state index in [-0.39, 0.29) is 17.6 Å². The van der Waals surface area contributed by atoms with Crippen LogP contribution in [0.15, 0.2) is 30.3 Å². The zero-order valence-corrected chi connectivity index (χ0v) is 14.5. The third-order valence-electron chi connectivity index (χ3n) is 4.14. The molecule has 1 aromatic heterocycles. The number of rotatable bonds is 4. The van der Waals surface area contributed by atoms with Crippen molar-refractivity contribution in [1.29, 1.82) is 0 Å². The van der Waals surface area contributed by atoms with E-state index in [0.717, 1.165) is 18.2 Å². The molecule has 7 nitrogen and oxygen atoms in total. The van der Waals surface area contributed by atoms with Crippen LogP contribution in [0, 0.1) is 0 Å². The van der Waals surface area contributed by atoms with Crippen molar-refractivity contribution in [2.24, 2.45) is 0 Å². The molecule has 132 valence electrons. The summed E-state index contributed by atoms with van der Waals surface area (Å²) >= 11 is 0. The first-order valence-electron chi connectivity index (χ1n) is 8.46. The van der Waals surface area contributed by atoms with E-state index in [1.165, 1.54) is 10.0 Å². The molecule has 25 heavy (non-hydrogen) atoms. The normalized spacial score (nSPS) is 14.0. The molecule has 0 aliphatic carbocycles. The van der Waals surface area contributed by atoms with Gasteiger partial charge < -0.3 is 10.1 Å². The number of hydrogen-bond acceptors (Lipinski definition) is 4. The second-order valence-corrected chi connectivity index (χ2v) is 5.86. The predicted octanol–water partition coefficient (Wildman–Crippen LogP) is 2.43. The van der Waals surface area contributed by atoms with Gasteiger partial charge in [0.2, 0.25) is 0 Å². The molecule has 1 fully saturated rings. The van der Waals surface area contributed by atoms with Gasteiger partial charge in [-0.15, -0.1) is 0 Å². The van der Waals surface area contributed by atoms with Crippen molar-refractivity contribution in [2.75, 3.05) is 26.7 Å². The van der Waals surface area contributed by atoms with E-state index in [9.17, 15) is 9.59 Å². The van der Waals surface area contributed by atoms with Crippen LogP contribution in [0.1, 0.15) is 30.3 Å². The number of urea groups is 1. The number of pyridine rings is 1. The van der Waals surface area contributed by atoms with Gasteiger partial charge in [-0.2, -0.15) is 0 Å². The summed E-state index contributed by atoms with van der Waals surface area (Å²) < 4.78 is 5.40. The summed E-state index contributed by atoms with van der Waals surface area (Å²) in [6.45, 7) is 3.58. The molecule has 1 saturated heterocycles. The largest absolute Gasteiger partial charge is 0.496 e. The number of amides is 3. The van der Waals surface area contributed by atoms with E-state index in [1.807, 2.05) is 31.2 Å². The minimum atomic E-state index is -0.298. The van der Waals surface area contributed by atoms with Crippen molar-refractivity contribution in [2.45, 2.75) is 19.8 Å². The maximum Gasteiger partial charge on any atom is 0.336 e. The Morgan fingerprint density at radius 1 is 1.24 bits per heavy atom. The Labute approximate surface area is 146 Å². The SMILES string of the molecule is CCCNC(=O)N1CCCN1C(=O)c1cc(OC)c2ccccc2n1. The van der Waals surface area contributed by atoms with Crippen molar-refractivity contribution in [3.8, 4) is 5.75 Å². The van der Waals surface area contributed by atoms with Crippen LogP contribution in [0.4, 0.5) is 4.79 Å². The predicted molar refractivity (Wildman–Crippen MR) is 94.3 cm³/mol. The van der Waals surface area contributed by atoms with Gasteiger partial charge in [0.05, 0.1) is 12.6 Å². The molecule has 0 bridgehead atoms. The minimum Gasteiger partial charge on any atom is -0.496 e. The Balaban J connectivity index is 1.89. The van der Waals surface area contributed by atoms with E-state index in [0.29, 0.717) is 30.9 Å². The molecule has 2 heterocycles. The van der Waals surface area contributed by atoms with Crippen LogP contribution in [-0.2, 0) is 0 Å². The Morgan fingerprint density at radius 2 is 2.00 bits per heavy atom. The lowest BCUT2D eigenvalue weighted by atomic mass is 10.1. The summed E-state index contributed by atoms with van der Waals surface area (Å²) in [7, 11) is 1.57. The highest BCUT2D eigenvalue weighted by atomic mass is 16.5. The standard InChI is InChI=1S/C18H22N4O3/c1-3-9-19-18(24)22-11-6-10-21(22)17(23)15-12-16(25-2)13-7-4-5-8-14(13)20-15/h4-5,7-8,12H,3,6,9-11H2,1-2H3,(H,19,24). The fourth-order valence-electron chi connectivity index (χ4n) is 2.91. The molecule has 1 aromatic carbocycles. The average molecular weight is 342 g/mol. The number of hydrogen-bond donors (Lipinski definition) is 1. The molecular formula is C18H22N4O3. The number of para-hydroxylation sites is 1. The van der Waals surface area contributed by atoms with Crippen LogP contribution in [0.25, 0.3) is 10.9 Å². The Bertz CT molecular complexity index is 793. The van der Waals surface area contributed by atoms with E-state index in [1.54, 1.807) is 13.2 Å². The molecule has 3 rings (SSSR count). The summed E-state index contributed by atoms with van der Waals surface area (Å²) in [5.41, 5.74) is 0.956. The summed E-state index contributed by atoms with van der Waals surface area (Å²) in [6, 6.07) is 8.88. The van der Waals surface area contributed by atoms with Gasteiger partial charge in [0.25, 0.3) is 5.91 Å². The number of benzene rings is 1. The summed E-state index contributed by atoms with van der Waals surface area (Å²) in [4.78, 5) is 29.7. The number of carbonyl (C=O) groups is 2. The summed E-state index contributed by atoms with van der Waals surface area (Å²) in [5, 5.41) is 6.58. The molecule has 1 N–H and O–H groups in total. The molecule has 0 atom stereocenters. The summed E-state index contributed by atoms with van der Waals surface area (Å²) in [5.74, 6) is 0.295. The highest BCUT2D eigenvalue weighted by Crippen LogP contribution is 2.26. The fraction of sp³-hybridized carbons (Fsp3) is 0.389. The number of carbonyl (C=O) groups excluding carboxylic acids is 2. The van der Waals surface area contributed by atoms with Gasteiger partial charge in [-0.1, -0.05) is 19.1 Å². The molecule has 1 aliphatic heterocycles. The Hall–Kier alpha value is -2.83. The van der Waals surface area contributed by atoms with Crippen LogP contribution in [0.5, 0.6) is 5.75 Å². The average Bonchev–Trinajstić information content (AvgIpc) is 3.14. The molecule has 2 aromatic rings. The first kappa shape index (κ1) is 17.0. The summed E-state index contributed by atoms with van der Waals surface area (Å²) in [6.07, 6.45) is 1.59. The molecule has 0 radical (unpaired) electrons. The Morgan fingerprint density at radius 3 is 2.76 bits per heavy atom. The molecule has 0 spiro atoms. The maximum absolute atomic E-state index is 12.9. The van der Waals surface area contributed by atoms with Crippen molar-refractivity contribution in [3.05, 3.63) is 36.0 Å². The number of hydrazine groups is 1. The number of nitrogens with one attached hydrogen (secondary N) is 1. The van der Waals surface area contributed by atoms with Crippen LogP contribution in [0.2, 0.25) is 0 Å². The van der Waals surface area contributed by atoms with Crippen LogP contribution < -0.4 is 10.1 Å². The molecular weight excluding hydrogens is 320 g/mol. The lowest BCUT2D eigenvalue weighted by Gasteiger charge is -2.27. The van der Waals surface area contributed by atoms with Gasteiger partial charge in [-0.3, -0.25) is 4.79 Å². The van der Waals surface area contributed by atoms with Crippen LogP contribution in [-0.4, -0.2) is 53.7 Å². The number of nitrogens with zero attached hydrogens (tertiary/aromatic N) is 3. The minimum absolute atomic E-state index is 0.250. The molecule has 7 heteroatoms. The lowest BCUT2D eigenvalue weighted by molar-refractivity contribution is 0.0371. The fourth-order valence-corrected chi connectivity index (χ4v) is 2.91. The smallest absolute Gasteiger partial charge is 0.336 e. The van der Waals surface area contributed by atoms with Gasteiger partial charge >= 0.3 is 6.03 Å². The van der Waals surface area contributed by atoms with E-state index in [4.69, 9.17) is 4.74 Å². The second-order valence-electron chi connectivity index (χ2n) is 5.86. The van der Waals surface area contributed by atoms with Gasteiger partial charge in [-0.05, 0) is 25.0 Å². The topological polar surface area (TPSA) is 74.8 Å².